The second-order valence-electron chi connectivity index (χ2n) is 3.19. The minimum absolute atomic E-state index is 0.464. The van der Waals surface area contributed by atoms with Crippen molar-refractivity contribution in [2.24, 2.45) is 0 Å². The van der Waals surface area contributed by atoms with E-state index in [0.29, 0.717) is 6.04 Å². The number of hydrogen-bond acceptors (Lipinski definition) is 4. The molecule has 0 radical (unpaired) electrons. The summed E-state index contributed by atoms with van der Waals surface area (Å²) in [5, 5.41) is 3.49. The van der Waals surface area contributed by atoms with Crippen LogP contribution in [0.3, 0.4) is 0 Å². The first kappa shape index (κ1) is 8.13. The molecule has 0 spiro atoms. The summed E-state index contributed by atoms with van der Waals surface area (Å²) >= 11 is 1.30. The predicted octanol–water partition coefficient (Wildman–Crippen LogP) is 1.74. The van der Waals surface area contributed by atoms with E-state index in [9.17, 15) is 0 Å². The lowest BCUT2D eigenvalue weighted by atomic mass is 10.1. The third-order valence-electron chi connectivity index (χ3n) is 2.30. The first-order valence-electron chi connectivity index (χ1n) is 4.47. The number of aromatic nitrogens is 2. The second kappa shape index (κ2) is 3.96. The van der Waals surface area contributed by atoms with Crippen LogP contribution in [0.15, 0.2) is 6.20 Å². The van der Waals surface area contributed by atoms with Gasteiger partial charge in [0.25, 0.3) is 0 Å². The minimum atomic E-state index is 0.464. The molecule has 1 N–H and O–H groups in total. The van der Waals surface area contributed by atoms with Gasteiger partial charge >= 0.3 is 0 Å². The number of hydrogen-bond donors (Lipinski definition) is 1. The zero-order valence-electron chi connectivity index (χ0n) is 6.99. The van der Waals surface area contributed by atoms with Crippen molar-refractivity contribution in [1.29, 1.82) is 0 Å². The molecule has 1 aromatic heterocycles. The van der Waals surface area contributed by atoms with Crippen LogP contribution in [0.25, 0.3) is 0 Å². The highest BCUT2D eigenvalue weighted by molar-refractivity contribution is 6.99. The molecule has 0 aromatic carbocycles. The minimum Gasteiger partial charge on any atom is -0.309 e. The van der Waals surface area contributed by atoms with Crippen LogP contribution in [0.4, 0.5) is 0 Å². The van der Waals surface area contributed by atoms with E-state index in [4.69, 9.17) is 0 Å². The quantitative estimate of drug-likeness (QED) is 0.720. The fourth-order valence-electron chi connectivity index (χ4n) is 1.61. The van der Waals surface area contributed by atoms with Gasteiger partial charge in [-0.2, -0.15) is 8.75 Å². The van der Waals surface area contributed by atoms with E-state index in [2.05, 4.69) is 14.1 Å². The van der Waals surface area contributed by atoms with Gasteiger partial charge in [0.05, 0.1) is 29.7 Å². The molecule has 66 valence electrons. The van der Waals surface area contributed by atoms with Gasteiger partial charge in [-0.05, 0) is 19.4 Å². The first-order chi connectivity index (χ1) is 5.97. The van der Waals surface area contributed by atoms with Crippen molar-refractivity contribution >= 4 is 11.7 Å². The molecule has 1 atom stereocenters. The maximum atomic E-state index is 4.25. The van der Waals surface area contributed by atoms with Gasteiger partial charge in [-0.3, -0.25) is 0 Å². The molecular weight excluding hydrogens is 170 g/mol. The Hall–Kier alpha value is -0.480. The lowest BCUT2D eigenvalue weighted by molar-refractivity contribution is 0.525. The highest BCUT2D eigenvalue weighted by atomic mass is 32.1. The lowest BCUT2D eigenvalue weighted by Gasteiger charge is -2.11. The predicted molar refractivity (Wildman–Crippen MR) is 49.1 cm³/mol. The Labute approximate surface area is 76.5 Å². The number of rotatable bonds is 1. The molecule has 1 aromatic rings. The van der Waals surface area contributed by atoms with E-state index in [1.54, 1.807) is 0 Å². The van der Waals surface area contributed by atoms with Crippen LogP contribution in [0.1, 0.15) is 37.4 Å². The zero-order chi connectivity index (χ0) is 8.23. The Balaban J connectivity index is 2.02. The molecule has 0 aliphatic carbocycles. The first-order valence-corrected chi connectivity index (χ1v) is 5.21. The molecule has 1 aliphatic heterocycles. The molecule has 2 heterocycles. The smallest absolute Gasteiger partial charge is 0.0912 e. The Bertz CT molecular complexity index is 214. The molecule has 3 nitrogen and oxygen atoms in total. The summed E-state index contributed by atoms with van der Waals surface area (Å²) in [6, 6.07) is 0.464. The Morgan fingerprint density at radius 2 is 2.42 bits per heavy atom. The van der Waals surface area contributed by atoms with Gasteiger partial charge in [-0.1, -0.05) is 12.8 Å². The maximum absolute atomic E-state index is 4.25. The highest BCUT2D eigenvalue weighted by Crippen LogP contribution is 2.20. The van der Waals surface area contributed by atoms with Crippen LogP contribution in [-0.4, -0.2) is 15.3 Å². The van der Waals surface area contributed by atoms with Gasteiger partial charge in [0.15, 0.2) is 0 Å². The molecule has 1 fully saturated rings. The topological polar surface area (TPSA) is 37.8 Å². The monoisotopic (exact) mass is 183 g/mol. The van der Waals surface area contributed by atoms with Crippen molar-refractivity contribution in [3.63, 3.8) is 0 Å². The molecule has 1 saturated heterocycles. The molecule has 1 aliphatic rings. The molecule has 0 saturated carbocycles. The highest BCUT2D eigenvalue weighted by Gasteiger charge is 2.15. The number of nitrogens with zero attached hydrogens (tertiary/aromatic N) is 2. The molecule has 0 amide bonds. The van der Waals surface area contributed by atoms with Crippen LogP contribution in [0.5, 0.6) is 0 Å². The van der Waals surface area contributed by atoms with Gasteiger partial charge in [-0.25, -0.2) is 0 Å². The normalized spacial score (nSPS) is 25.2. The summed E-state index contributed by atoms with van der Waals surface area (Å²) in [5.74, 6) is 0. The fraction of sp³-hybridized carbons (Fsp3) is 0.750. The Morgan fingerprint density at radius 3 is 3.25 bits per heavy atom. The third kappa shape index (κ3) is 1.81. The van der Waals surface area contributed by atoms with Crippen LogP contribution >= 0.6 is 11.7 Å². The zero-order valence-corrected chi connectivity index (χ0v) is 7.81. The summed E-state index contributed by atoms with van der Waals surface area (Å²) in [7, 11) is 0. The maximum Gasteiger partial charge on any atom is 0.0912 e. The van der Waals surface area contributed by atoms with E-state index in [0.717, 1.165) is 12.2 Å². The Kier molecular flexibility index (Phi) is 2.68. The number of nitrogens with one attached hydrogen (secondary N) is 1. The van der Waals surface area contributed by atoms with Crippen LogP contribution in [0.2, 0.25) is 0 Å². The molecular formula is C8H13N3S. The molecule has 4 heteroatoms. The van der Waals surface area contributed by atoms with Crippen LogP contribution in [0, 0.1) is 0 Å². The summed E-state index contributed by atoms with van der Waals surface area (Å²) in [6.07, 6.45) is 7.06. The summed E-state index contributed by atoms with van der Waals surface area (Å²) in [6.45, 7) is 1.13. The van der Waals surface area contributed by atoms with Crippen molar-refractivity contribution in [1.82, 2.24) is 14.1 Å². The van der Waals surface area contributed by atoms with Crippen LogP contribution in [-0.2, 0) is 0 Å². The van der Waals surface area contributed by atoms with Gasteiger partial charge in [0.1, 0.15) is 0 Å². The van der Waals surface area contributed by atoms with Gasteiger partial charge in [0.2, 0.25) is 0 Å². The van der Waals surface area contributed by atoms with E-state index < -0.39 is 0 Å². The largest absolute Gasteiger partial charge is 0.309 e. The second-order valence-corrected chi connectivity index (χ2v) is 3.75. The summed E-state index contributed by atoms with van der Waals surface area (Å²) in [5.41, 5.74) is 1.13. The average molecular weight is 183 g/mol. The van der Waals surface area contributed by atoms with E-state index in [1.807, 2.05) is 6.20 Å². The van der Waals surface area contributed by atoms with Gasteiger partial charge in [-0.15, -0.1) is 0 Å². The Morgan fingerprint density at radius 1 is 1.42 bits per heavy atom. The van der Waals surface area contributed by atoms with Crippen molar-refractivity contribution in [3.8, 4) is 0 Å². The third-order valence-corrected chi connectivity index (χ3v) is 2.79. The summed E-state index contributed by atoms with van der Waals surface area (Å²) < 4.78 is 8.27. The van der Waals surface area contributed by atoms with Crippen molar-refractivity contribution in [2.45, 2.75) is 31.7 Å². The average Bonchev–Trinajstić information content (AvgIpc) is 2.48. The fourth-order valence-corrected chi connectivity index (χ4v) is 2.08. The molecule has 12 heavy (non-hydrogen) atoms. The molecule has 1 unspecified atom stereocenters. The van der Waals surface area contributed by atoms with Gasteiger partial charge < -0.3 is 5.32 Å². The molecule has 2 rings (SSSR count). The van der Waals surface area contributed by atoms with Crippen LogP contribution < -0.4 is 5.32 Å². The van der Waals surface area contributed by atoms with Crippen molar-refractivity contribution in [2.75, 3.05) is 6.54 Å². The van der Waals surface area contributed by atoms with E-state index in [-0.39, 0.29) is 0 Å². The van der Waals surface area contributed by atoms with Gasteiger partial charge in [0, 0.05) is 0 Å². The molecule has 0 bridgehead atoms. The van der Waals surface area contributed by atoms with Crippen molar-refractivity contribution in [3.05, 3.63) is 11.9 Å². The SMILES string of the molecule is c1nsnc1C1CCCCCN1. The standard InChI is InChI=1S/C8H13N3S/c1-2-4-7(9-5-3-1)8-6-10-12-11-8/h6-7,9H,1-5H2. The van der Waals surface area contributed by atoms with E-state index >= 15 is 0 Å². The van der Waals surface area contributed by atoms with Crippen molar-refractivity contribution < 1.29 is 0 Å². The summed E-state index contributed by atoms with van der Waals surface area (Å²) in [4.78, 5) is 0. The lowest BCUT2D eigenvalue weighted by Crippen LogP contribution is -2.20. The van der Waals surface area contributed by atoms with E-state index in [1.165, 1.54) is 37.4 Å².